The van der Waals surface area contributed by atoms with E-state index in [1.165, 1.54) is 7.11 Å². The highest BCUT2D eigenvalue weighted by Crippen LogP contribution is 2.12. The number of carbonyl (C=O) groups is 1. The topological polar surface area (TPSA) is 58.6 Å². The molecule has 0 saturated heterocycles. The molecule has 0 saturated carbocycles. The largest absolute Gasteiger partial charge is 0.468 e. The molecule has 0 radical (unpaired) electrons. The van der Waals surface area contributed by atoms with Gasteiger partial charge in [0.25, 0.3) is 0 Å². The summed E-state index contributed by atoms with van der Waals surface area (Å²) in [4.78, 5) is 11.4. The van der Waals surface area contributed by atoms with Crippen LogP contribution in [0, 0.1) is 0 Å². The third-order valence-electron chi connectivity index (χ3n) is 2.19. The van der Waals surface area contributed by atoms with E-state index in [0.717, 1.165) is 25.1 Å². The first-order chi connectivity index (χ1) is 7.65. The van der Waals surface area contributed by atoms with E-state index in [0.29, 0.717) is 0 Å². The van der Waals surface area contributed by atoms with Crippen LogP contribution >= 0.6 is 11.8 Å². The lowest BCUT2D eigenvalue weighted by molar-refractivity contribution is -0.143. The van der Waals surface area contributed by atoms with Crippen LogP contribution in [0.15, 0.2) is 0 Å². The predicted molar refractivity (Wildman–Crippen MR) is 67.7 cm³/mol. The molecule has 0 amide bonds. The molecule has 0 aliphatic rings. The monoisotopic (exact) mass is 249 g/mol. The van der Waals surface area contributed by atoms with Crippen molar-refractivity contribution >= 4 is 17.7 Å². The number of carbonyl (C=O) groups excluding carboxylic acids is 1. The molecule has 4 nitrogen and oxygen atoms in total. The summed E-state index contributed by atoms with van der Waals surface area (Å²) < 4.78 is 4.73. The number of aliphatic hydroxyl groups excluding tert-OH is 1. The minimum Gasteiger partial charge on any atom is -0.468 e. The van der Waals surface area contributed by atoms with Crippen LogP contribution in [0.2, 0.25) is 0 Å². The van der Waals surface area contributed by atoms with Crippen molar-refractivity contribution in [2.75, 3.05) is 26.0 Å². The minimum atomic E-state index is -0.219. The Balaban J connectivity index is 3.86. The molecular weight excluding hydrogens is 226 g/mol. The first-order valence-corrected chi connectivity index (χ1v) is 6.74. The van der Waals surface area contributed by atoms with Crippen LogP contribution < -0.4 is 5.32 Å². The SMILES string of the molecule is CCCNC(CCSC(C)CO)C(=O)OC. The minimum absolute atomic E-state index is 0.177. The fraction of sp³-hybridized carbons (Fsp3) is 0.909. The number of esters is 1. The standard InChI is InChI=1S/C11H23NO3S/c1-4-6-12-10(11(14)15-3)5-7-16-9(2)8-13/h9-10,12-13H,4-8H2,1-3H3. The Labute approximate surface area is 102 Å². The number of methoxy groups -OCH3 is 1. The Morgan fingerprint density at radius 1 is 1.56 bits per heavy atom. The van der Waals surface area contributed by atoms with Gasteiger partial charge in [-0.1, -0.05) is 13.8 Å². The number of rotatable bonds is 9. The highest BCUT2D eigenvalue weighted by Gasteiger charge is 2.17. The van der Waals surface area contributed by atoms with E-state index in [4.69, 9.17) is 9.84 Å². The zero-order chi connectivity index (χ0) is 12.4. The summed E-state index contributed by atoms with van der Waals surface area (Å²) >= 11 is 1.67. The van der Waals surface area contributed by atoms with Crippen molar-refractivity contribution in [1.82, 2.24) is 5.32 Å². The van der Waals surface area contributed by atoms with Gasteiger partial charge < -0.3 is 15.2 Å². The van der Waals surface area contributed by atoms with Gasteiger partial charge in [0.1, 0.15) is 6.04 Å². The van der Waals surface area contributed by atoms with E-state index in [1.54, 1.807) is 11.8 Å². The van der Waals surface area contributed by atoms with Crippen molar-refractivity contribution in [3.8, 4) is 0 Å². The molecule has 2 unspecified atom stereocenters. The van der Waals surface area contributed by atoms with E-state index in [2.05, 4.69) is 12.2 Å². The molecule has 0 aliphatic heterocycles. The average molecular weight is 249 g/mol. The second-order valence-electron chi connectivity index (χ2n) is 3.68. The van der Waals surface area contributed by atoms with Gasteiger partial charge in [-0.25, -0.2) is 0 Å². The molecule has 0 spiro atoms. The molecule has 0 aliphatic carbocycles. The van der Waals surface area contributed by atoms with E-state index in [9.17, 15) is 4.79 Å². The summed E-state index contributed by atoms with van der Waals surface area (Å²) in [6.07, 6.45) is 1.73. The fourth-order valence-corrected chi connectivity index (χ4v) is 2.08. The van der Waals surface area contributed by atoms with Gasteiger partial charge in [0.2, 0.25) is 0 Å². The molecule has 0 aromatic heterocycles. The summed E-state index contributed by atoms with van der Waals surface area (Å²) in [5.74, 6) is 0.642. The fourth-order valence-electron chi connectivity index (χ4n) is 1.20. The maximum Gasteiger partial charge on any atom is 0.322 e. The number of aliphatic hydroxyl groups is 1. The number of hydrogen-bond acceptors (Lipinski definition) is 5. The second-order valence-corrected chi connectivity index (χ2v) is 5.23. The zero-order valence-corrected chi connectivity index (χ0v) is 11.2. The molecule has 0 rings (SSSR count). The van der Waals surface area contributed by atoms with Crippen molar-refractivity contribution in [3.63, 3.8) is 0 Å². The maximum absolute atomic E-state index is 11.4. The molecule has 2 N–H and O–H groups in total. The number of thioether (sulfide) groups is 1. The number of hydrogen-bond donors (Lipinski definition) is 2. The van der Waals surface area contributed by atoms with Crippen molar-refractivity contribution in [3.05, 3.63) is 0 Å². The van der Waals surface area contributed by atoms with Gasteiger partial charge in [-0.3, -0.25) is 4.79 Å². The number of ether oxygens (including phenoxy) is 1. The first kappa shape index (κ1) is 15.7. The molecular formula is C11H23NO3S. The quantitative estimate of drug-likeness (QED) is 0.598. The van der Waals surface area contributed by atoms with Crippen molar-refractivity contribution in [2.45, 2.75) is 38.0 Å². The third-order valence-corrected chi connectivity index (χ3v) is 3.38. The van der Waals surface area contributed by atoms with Crippen molar-refractivity contribution < 1.29 is 14.6 Å². The summed E-state index contributed by atoms with van der Waals surface area (Å²) in [6, 6.07) is -0.219. The molecule has 0 heterocycles. The molecule has 5 heteroatoms. The van der Waals surface area contributed by atoms with E-state index >= 15 is 0 Å². The Bertz CT molecular complexity index is 190. The lowest BCUT2D eigenvalue weighted by Crippen LogP contribution is -2.38. The first-order valence-electron chi connectivity index (χ1n) is 5.69. The lowest BCUT2D eigenvalue weighted by atomic mass is 10.2. The van der Waals surface area contributed by atoms with Crippen LogP contribution in [0.5, 0.6) is 0 Å². The Morgan fingerprint density at radius 3 is 2.75 bits per heavy atom. The van der Waals surface area contributed by atoms with Crippen molar-refractivity contribution in [2.24, 2.45) is 0 Å². The van der Waals surface area contributed by atoms with Crippen LogP contribution in [0.4, 0.5) is 0 Å². The molecule has 2 atom stereocenters. The van der Waals surface area contributed by atoms with E-state index in [-0.39, 0.29) is 23.9 Å². The van der Waals surface area contributed by atoms with Gasteiger partial charge in [0.05, 0.1) is 13.7 Å². The Kier molecular flexibility index (Phi) is 9.77. The van der Waals surface area contributed by atoms with Gasteiger partial charge in [0, 0.05) is 5.25 Å². The summed E-state index contributed by atoms with van der Waals surface area (Å²) in [5, 5.41) is 12.3. The van der Waals surface area contributed by atoms with Crippen molar-refractivity contribution in [1.29, 1.82) is 0 Å². The van der Waals surface area contributed by atoms with Crippen LogP contribution in [0.25, 0.3) is 0 Å². The van der Waals surface area contributed by atoms with Crippen LogP contribution in [0.3, 0.4) is 0 Å². The van der Waals surface area contributed by atoms with E-state index < -0.39 is 0 Å². The van der Waals surface area contributed by atoms with Gasteiger partial charge in [0.15, 0.2) is 0 Å². The molecule has 0 bridgehead atoms. The normalized spacial score (nSPS) is 14.5. The summed E-state index contributed by atoms with van der Waals surface area (Å²) in [7, 11) is 1.41. The average Bonchev–Trinajstić information content (AvgIpc) is 2.32. The summed E-state index contributed by atoms with van der Waals surface area (Å²) in [6.45, 7) is 5.02. The lowest BCUT2D eigenvalue weighted by Gasteiger charge is -2.16. The molecule has 0 aromatic carbocycles. The smallest absolute Gasteiger partial charge is 0.322 e. The van der Waals surface area contributed by atoms with Gasteiger partial charge in [-0.05, 0) is 25.1 Å². The third kappa shape index (κ3) is 7.09. The predicted octanol–water partition coefficient (Wildman–Crippen LogP) is 1.03. The van der Waals surface area contributed by atoms with Crippen LogP contribution in [-0.4, -0.2) is 48.4 Å². The highest BCUT2D eigenvalue weighted by molar-refractivity contribution is 7.99. The van der Waals surface area contributed by atoms with Crippen LogP contribution in [0.1, 0.15) is 26.7 Å². The van der Waals surface area contributed by atoms with Gasteiger partial charge in [-0.15, -0.1) is 0 Å². The molecule has 96 valence electrons. The van der Waals surface area contributed by atoms with Gasteiger partial charge >= 0.3 is 5.97 Å². The second kappa shape index (κ2) is 9.93. The highest BCUT2D eigenvalue weighted by atomic mass is 32.2. The van der Waals surface area contributed by atoms with Crippen LogP contribution in [-0.2, 0) is 9.53 Å². The molecule has 0 aromatic rings. The van der Waals surface area contributed by atoms with E-state index in [1.807, 2.05) is 6.92 Å². The maximum atomic E-state index is 11.4. The van der Waals surface area contributed by atoms with Gasteiger partial charge in [-0.2, -0.15) is 11.8 Å². The molecule has 16 heavy (non-hydrogen) atoms. The number of nitrogens with one attached hydrogen (secondary N) is 1. The Hall–Kier alpha value is -0.260. The molecule has 0 fully saturated rings. The zero-order valence-electron chi connectivity index (χ0n) is 10.4. The Morgan fingerprint density at radius 2 is 2.25 bits per heavy atom. The summed E-state index contributed by atoms with van der Waals surface area (Å²) in [5.41, 5.74) is 0.